The van der Waals surface area contributed by atoms with E-state index in [1.165, 1.54) is 10.9 Å². The summed E-state index contributed by atoms with van der Waals surface area (Å²) in [6, 6.07) is 19.0. The Morgan fingerprint density at radius 3 is 2.74 bits per heavy atom. The first-order valence-corrected chi connectivity index (χ1v) is 7.49. The van der Waals surface area contributed by atoms with E-state index in [2.05, 4.69) is 69.3 Å². The zero-order valence-corrected chi connectivity index (χ0v) is 13.2. The second-order valence-corrected chi connectivity index (χ2v) is 5.56. The molecule has 0 spiro atoms. The number of hydrogen-bond donors (Lipinski definition) is 1. The highest BCUT2D eigenvalue weighted by Crippen LogP contribution is 2.24. The lowest BCUT2D eigenvalue weighted by atomic mass is 10.1. The summed E-state index contributed by atoms with van der Waals surface area (Å²) in [5, 5.41) is 4.54. The van der Waals surface area contributed by atoms with E-state index in [-0.39, 0.29) is 12.4 Å². The third-order valence-corrected chi connectivity index (χ3v) is 4.22. The molecule has 2 aromatic heterocycles. The van der Waals surface area contributed by atoms with Crippen molar-refractivity contribution in [2.45, 2.75) is 0 Å². The molecule has 0 saturated carbocycles. The van der Waals surface area contributed by atoms with Crippen molar-refractivity contribution in [3.63, 3.8) is 0 Å². The molecule has 0 aliphatic carbocycles. The van der Waals surface area contributed by atoms with Crippen LogP contribution in [0, 0.1) is 0 Å². The number of pyridine rings is 1. The molecule has 0 saturated heterocycles. The number of halogens is 1. The minimum atomic E-state index is 0. The average Bonchev–Trinajstić information content (AvgIpc) is 3.21. The summed E-state index contributed by atoms with van der Waals surface area (Å²) >= 11 is 0. The van der Waals surface area contributed by atoms with Gasteiger partial charge >= 0.3 is 0 Å². The minimum absolute atomic E-state index is 0. The summed E-state index contributed by atoms with van der Waals surface area (Å²) in [6.45, 7) is 1.77. The predicted octanol–water partition coefficient (Wildman–Crippen LogP) is 3.41. The van der Waals surface area contributed by atoms with Crippen LogP contribution < -0.4 is 5.32 Å². The van der Waals surface area contributed by atoms with Crippen LogP contribution in [0.2, 0.25) is 0 Å². The van der Waals surface area contributed by atoms with Crippen LogP contribution in [0.1, 0.15) is 5.56 Å². The van der Waals surface area contributed by atoms with Gasteiger partial charge in [-0.1, -0.05) is 18.2 Å². The lowest BCUT2D eigenvalue weighted by Gasteiger charge is -2.04. The third-order valence-electron chi connectivity index (χ3n) is 4.22. The van der Waals surface area contributed by atoms with Crippen molar-refractivity contribution < 1.29 is 0 Å². The van der Waals surface area contributed by atoms with Gasteiger partial charge < -0.3 is 5.32 Å². The second kappa shape index (κ2) is 5.25. The number of aromatic nitrogens is 2. The molecule has 0 fully saturated rings. The number of benzene rings is 2. The highest BCUT2D eigenvalue weighted by molar-refractivity contribution is 6.02. The maximum Gasteiger partial charge on any atom is 0.138 e. The van der Waals surface area contributed by atoms with Crippen LogP contribution in [0.5, 0.6) is 0 Å². The molecule has 0 radical (unpaired) electrons. The van der Waals surface area contributed by atoms with Crippen molar-refractivity contribution in [3.8, 4) is 0 Å². The molecule has 4 nitrogen and oxygen atoms in total. The highest BCUT2D eigenvalue weighted by atomic mass is 35.5. The van der Waals surface area contributed by atoms with Crippen molar-refractivity contribution in [2.75, 3.05) is 13.1 Å². The summed E-state index contributed by atoms with van der Waals surface area (Å²) in [6.07, 6.45) is 0. The van der Waals surface area contributed by atoms with Crippen LogP contribution in [-0.4, -0.2) is 28.3 Å². The Labute approximate surface area is 139 Å². The standard InChI is InChI=1S/C18H14N4.ClH/c1-2-4-15-12(3-1)6-8-17-21-14-11-13(18-19-9-10-20-18)5-7-16(14)22(15)17;/h1-8,11H,9-10H2,(H,19,20);1H. The quantitative estimate of drug-likeness (QED) is 0.583. The van der Waals surface area contributed by atoms with Crippen LogP contribution in [0.15, 0.2) is 59.6 Å². The molecule has 1 N–H and O–H groups in total. The van der Waals surface area contributed by atoms with E-state index in [1.807, 2.05) is 0 Å². The summed E-state index contributed by atoms with van der Waals surface area (Å²) in [7, 11) is 0. The van der Waals surface area contributed by atoms with E-state index < -0.39 is 0 Å². The Balaban J connectivity index is 0.00000135. The van der Waals surface area contributed by atoms with Gasteiger partial charge in [0.25, 0.3) is 0 Å². The number of nitrogens with zero attached hydrogens (tertiary/aromatic N) is 3. The molecule has 0 amide bonds. The van der Waals surface area contributed by atoms with Gasteiger partial charge in [0.05, 0.1) is 23.1 Å². The Morgan fingerprint density at radius 1 is 0.957 bits per heavy atom. The number of rotatable bonds is 1. The summed E-state index contributed by atoms with van der Waals surface area (Å²) in [5.74, 6) is 0.976. The molecule has 23 heavy (non-hydrogen) atoms. The monoisotopic (exact) mass is 322 g/mol. The van der Waals surface area contributed by atoms with E-state index >= 15 is 0 Å². The molecule has 3 heterocycles. The number of imidazole rings is 1. The van der Waals surface area contributed by atoms with Crippen molar-refractivity contribution in [1.82, 2.24) is 14.7 Å². The lowest BCUT2D eigenvalue weighted by molar-refractivity contribution is 0.960. The molecule has 0 atom stereocenters. The molecule has 1 aliphatic heterocycles. The number of amidine groups is 1. The fraction of sp³-hybridized carbons (Fsp3) is 0.111. The van der Waals surface area contributed by atoms with Gasteiger partial charge in [0.15, 0.2) is 0 Å². The van der Waals surface area contributed by atoms with Gasteiger partial charge in [0, 0.05) is 12.1 Å². The van der Waals surface area contributed by atoms with Gasteiger partial charge in [0.1, 0.15) is 11.5 Å². The first kappa shape index (κ1) is 14.0. The third kappa shape index (κ3) is 2.06. The smallest absolute Gasteiger partial charge is 0.138 e. The van der Waals surface area contributed by atoms with Gasteiger partial charge in [-0.2, -0.15) is 0 Å². The second-order valence-electron chi connectivity index (χ2n) is 5.56. The topological polar surface area (TPSA) is 41.7 Å². The number of nitrogens with one attached hydrogen (secondary N) is 1. The van der Waals surface area contributed by atoms with Crippen LogP contribution in [0.4, 0.5) is 0 Å². The lowest BCUT2D eigenvalue weighted by Crippen LogP contribution is -2.19. The van der Waals surface area contributed by atoms with Crippen molar-refractivity contribution in [3.05, 3.63) is 60.2 Å². The fourth-order valence-electron chi connectivity index (χ4n) is 3.20. The van der Waals surface area contributed by atoms with Crippen LogP contribution in [-0.2, 0) is 0 Å². The molecular weight excluding hydrogens is 308 g/mol. The zero-order chi connectivity index (χ0) is 14.5. The van der Waals surface area contributed by atoms with E-state index in [1.54, 1.807) is 0 Å². The van der Waals surface area contributed by atoms with Crippen molar-refractivity contribution >= 4 is 45.8 Å². The number of fused-ring (bicyclic) bond motifs is 5. The van der Waals surface area contributed by atoms with Gasteiger partial charge in [-0.25, -0.2) is 4.98 Å². The molecule has 1 aliphatic rings. The van der Waals surface area contributed by atoms with Gasteiger partial charge in [-0.3, -0.25) is 9.39 Å². The summed E-state index contributed by atoms with van der Waals surface area (Å²) in [5.41, 5.74) is 5.41. The maximum atomic E-state index is 4.78. The van der Waals surface area contributed by atoms with Crippen LogP contribution >= 0.6 is 12.4 Å². The van der Waals surface area contributed by atoms with Crippen molar-refractivity contribution in [2.24, 2.45) is 4.99 Å². The molecule has 2 aromatic carbocycles. The Morgan fingerprint density at radius 2 is 1.87 bits per heavy atom. The number of para-hydroxylation sites is 1. The van der Waals surface area contributed by atoms with Gasteiger partial charge in [0.2, 0.25) is 0 Å². The van der Waals surface area contributed by atoms with E-state index in [0.29, 0.717) is 0 Å². The Hall–Kier alpha value is -2.59. The fourth-order valence-corrected chi connectivity index (χ4v) is 3.20. The highest BCUT2D eigenvalue weighted by Gasteiger charge is 2.12. The summed E-state index contributed by atoms with van der Waals surface area (Å²) < 4.78 is 2.22. The van der Waals surface area contributed by atoms with Crippen molar-refractivity contribution in [1.29, 1.82) is 0 Å². The largest absolute Gasteiger partial charge is 0.368 e. The summed E-state index contributed by atoms with van der Waals surface area (Å²) in [4.78, 5) is 9.27. The molecule has 4 aromatic rings. The normalized spacial score (nSPS) is 14.0. The molecule has 0 bridgehead atoms. The van der Waals surface area contributed by atoms with E-state index in [9.17, 15) is 0 Å². The number of aliphatic imine (C=N–C) groups is 1. The average molecular weight is 323 g/mol. The zero-order valence-electron chi connectivity index (χ0n) is 12.4. The number of hydrogen-bond acceptors (Lipinski definition) is 3. The molecule has 5 heteroatoms. The van der Waals surface area contributed by atoms with E-state index in [4.69, 9.17) is 4.98 Å². The molecular formula is C18H15ClN4. The Kier molecular flexibility index (Phi) is 3.20. The molecule has 0 unspecified atom stereocenters. The first-order chi connectivity index (χ1) is 10.9. The van der Waals surface area contributed by atoms with Gasteiger partial charge in [-0.15, -0.1) is 12.4 Å². The van der Waals surface area contributed by atoms with E-state index in [0.717, 1.165) is 41.2 Å². The first-order valence-electron chi connectivity index (χ1n) is 7.49. The van der Waals surface area contributed by atoms with Gasteiger partial charge in [-0.05, 0) is 41.8 Å². The SMILES string of the molecule is Cl.c1ccc2c(c1)ccc1nc3cc(C4=NCCN4)ccc3n12. The Bertz CT molecular complexity index is 1060. The predicted molar refractivity (Wildman–Crippen MR) is 96.9 cm³/mol. The minimum Gasteiger partial charge on any atom is -0.368 e. The van der Waals surface area contributed by atoms with Crippen LogP contribution in [0.25, 0.3) is 27.6 Å². The van der Waals surface area contributed by atoms with Crippen LogP contribution in [0.3, 0.4) is 0 Å². The maximum absolute atomic E-state index is 4.78. The molecule has 5 rings (SSSR count). The molecule has 114 valence electrons.